The molecule has 0 fully saturated rings. The highest BCUT2D eigenvalue weighted by atomic mass is 14.9. The van der Waals surface area contributed by atoms with Gasteiger partial charge in [-0.05, 0) is 44.0 Å². The molecule has 3 rings (SSSR count). The van der Waals surface area contributed by atoms with E-state index in [1.54, 1.807) is 0 Å². The molecule has 2 heteroatoms. The topological polar surface area (TPSA) is 24.9 Å². The molecule has 2 atom stereocenters. The maximum absolute atomic E-state index is 4.61. The largest absolute Gasteiger partial charge is 0.312 e. The molecule has 0 bridgehead atoms. The zero-order valence-corrected chi connectivity index (χ0v) is 11.6. The number of nitrogens with one attached hydrogen (secondary N) is 1. The van der Waals surface area contributed by atoms with Crippen LogP contribution < -0.4 is 5.32 Å². The minimum absolute atomic E-state index is 0.358. The number of hydrogen-bond acceptors (Lipinski definition) is 2. The average molecular weight is 252 g/mol. The smallest absolute Gasteiger partial charge is 0.0485 e. The Morgan fingerprint density at radius 2 is 2.00 bits per heavy atom. The molecular weight excluding hydrogens is 232 g/mol. The Labute approximate surface area is 114 Å². The Morgan fingerprint density at radius 3 is 2.74 bits per heavy atom. The van der Waals surface area contributed by atoms with Crippen LogP contribution in [0.15, 0.2) is 42.6 Å². The van der Waals surface area contributed by atoms with Gasteiger partial charge < -0.3 is 5.32 Å². The lowest BCUT2D eigenvalue weighted by Crippen LogP contribution is -2.23. The predicted octanol–water partition coefficient (Wildman–Crippen LogP) is 3.38. The van der Waals surface area contributed by atoms with Gasteiger partial charge in [0.05, 0.1) is 0 Å². The summed E-state index contributed by atoms with van der Waals surface area (Å²) in [5.41, 5.74) is 5.36. The van der Waals surface area contributed by atoms with Gasteiger partial charge in [0, 0.05) is 23.9 Å². The summed E-state index contributed by atoms with van der Waals surface area (Å²) in [4.78, 5) is 4.61. The van der Waals surface area contributed by atoms with Crippen LogP contribution in [0.5, 0.6) is 0 Å². The van der Waals surface area contributed by atoms with Gasteiger partial charge in [-0.25, -0.2) is 0 Å². The Morgan fingerprint density at radius 1 is 1.21 bits per heavy atom. The van der Waals surface area contributed by atoms with Crippen LogP contribution in [-0.2, 0) is 6.42 Å². The highest BCUT2D eigenvalue weighted by Crippen LogP contribution is 2.40. The number of benzene rings is 1. The number of rotatable bonds is 3. The SMILES string of the molecule is CNC(c1ccc(C)cc1)C1CCc2cccnc21. The summed E-state index contributed by atoms with van der Waals surface area (Å²) in [6.07, 6.45) is 4.25. The van der Waals surface area contributed by atoms with Crippen LogP contribution >= 0.6 is 0 Å². The van der Waals surface area contributed by atoms with Crippen molar-refractivity contribution < 1.29 is 0 Å². The first-order chi connectivity index (χ1) is 9.29. The molecule has 98 valence electrons. The molecule has 0 radical (unpaired) electrons. The summed E-state index contributed by atoms with van der Waals surface area (Å²) in [6.45, 7) is 2.13. The van der Waals surface area contributed by atoms with Crippen LogP contribution in [0, 0.1) is 6.92 Å². The van der Waals surface area contributed by atoms with Crippen LogP contribution in [0.4, 0.5) is 0 Å². The molecule has 19 heavy (non-hydrogen) atoms. The van der Waals surface area contributed by atoms with E-state index < -0.39 is 0 Å². The van der Waals surface area contributed by atoms with E-state index in [9.17, 15) is 0 Å². The van der Waals surface area contributed by atoms with E-state index in [2.05, 4.69) is 47.6 Å². The fourth-order valence-corrected chi connectivity index (χ4v) is 3.14. The minimum Gasteiger partial charge on any atom is -0.312 e. The molecular formula is C17H20N2. The van der Waals surface area contributed by atoms with Crippen molar-refractivity contribution in [1.82, 2.24) is 10.3 Å². The molecule has 1 aromatic heterocycles. The molecule has 1 aromatic carbocycles. The maximum atomic E-state index is 4.61. The highest BCUT2D eigenvalue weighted by Gasteiger charge is 2.30. The van der Waals surface area contributed by atoms with E-state index in [-0.39, 0.29) is 0 Å². The van der Waals surface area contributed by atoms with Crippen LogP contribution in [0.3, 0.4) is 0 Å². The van der Waals surface area contributed by atoms with Gasteiger partial charge in [0.2, 0.25) is 0 Å². The third-order valence-corrected chi connectivity index (χ3v) is 4.15. The first kappa shape index (κ1) is 12.4. The molecule has 2 aromatic rings. The van der Waals surface area contributed by atoms with Crippen LogP contribution in [0.25, 0.3) is 0 Å². The third kappa shape index (κ3) is 2.28. The van der Waals surface area contributed by atoms with Crippen molar-refractivity contribution in [2.45, 2.75) is 31.7 Å². The minimum atomic E-state index is 0.358. The first-order valence-electron chi connectivity index (χ1n) is 6.97. The Bertz CT molecular complexity index is 560. The van der Waals surface area contributed by atoms with Crippen molar-refractivity contribution in [3.05, 3.63) is 65.0 Å². The predicted molar refractivity (Wildman–Crippen MR) is 78.3 cm³/mol. The van der Waals surface area contributed by atoms with E-state index in [1.165, 1.54) is 28.8 Å². The molecule has 0 amide bonds. The van der Waals surface area contributed by atoms with E-state index in [0.717, 1.165) is 6.42 Å². The quantitative estimate of drug-likeness (QED) is 0.906. The van der Waals surface area contributed by atoms with Gasteiger partial charge in [0.15, 0.2) is 0 Å². The number of aromatic nitrogens is 1. The number of nitrogens with zero attached hydrogens (tertiary/aromatic N) is 1. The van der Waals surface area contributed by atoms with Gasteiger partial charge >= 0.3 is 0 Å². The molecule has 0 saturated heterocycles. The van der Waals surface area contributed by atoms with E-state index in [1.807, 2.05) is 19.3 Å². The van der Waals surface area contributed by atoms with E-state index >= 15 is 0 Å². The highest BCUT2D eigenvalue weighted by molar-refractivity contribution is 5.34. The number of likely N-dealkylation sites (N-methyl/N-ethyl adjacent to an activating group) is 1. The second kappa shape index (κ2) is 5.14. The Kier molecular flexibility index (Phi) is 3.34. The molecule has 2 unspecified atom stereocenters. The zero-order valence-electron chi connectivity index (χ0n) is 11.6. The fraction of sp³-hybridized carbons (Fsp3) is 0.353. The molecule has 0 spiro atoms. The average Bonchev–Trinajstić information content (AvgIpc) is 2.86. The third-order valence-electron chi connectivity index (χ3n) is 4.15. The summed E-state index contributed by atoms with van der Waals surface area (Å²) in [7, 11) is 2.05. The van der Waals surface area contributed by atoms with Crippen molar-refractivity contribution in [3.8, 4) is 0 Å². The van der Waals surface area contributed by atoms with Gasteiger partial charge in [-0.3, -0.25) is 4.98 Å². The molecule has 1 aliphatic carbocycles. The standard InChI is InChI=1S/C17H20N2/c1-12-5-7-14(8-6-12)16(18-2)15-10-9-13-4-3-11-19-17(13)15/h3-8,11,15-16,18H,9-10H2,1-2H3. The van der Waals surface area contributed by atoms with Crippen LogP contribution in [-0.4, -0.2) is 12.0 Å². The van der Waals surface area contributed by atoms with Crippen LogP contribution in [0.1, 0.15) is 40.8 Å². The summed E-state index contributed by atoms with van der Waals surface area (Å²) in [5, 5.41) is 3.48. The zero-order chi connectivity index (χ0) is 13.2. The molecule has 2 nitrogen and oxygen atoms in total. The van der Waals surface area contributed by atoms with Gasteiger partial charge in [-0.1, -0.05) is 35.9 Å². The Hall–Kier alpha value is -1.67. The Balaban J connectivity index is 1.94. The molecule has 1 heterocycles. The summed E-state index contributed by atoms with van der Waals surface area (Å²) < 4.78 is 0. The number of pyridine rings is 1. The number of fused-ring (bicyclic) bond motifs is 1. The van der Waals surface area contributed by atoms with Crippen molar-refractivity contribution >= 4 is 0 Å². The second-order valence-corrected chi connectivity index (χ2v) is 5.37. The van der Waals surface area contributed by atoms with Gasteiger partial charge in [0.25, 0.3) is 0 Å². The molecule has 0 aliphatic heterocycles. The summed E-state index contributed by atoms with van der Waals surface area (Å²) in [5.74, 6) is 0.490. The molecule has 1 N–H and O–H groups in total. The normalized spacial score (nSPS) is 19.2. The monoisotopic (exact) mass is 252 g/mol. The lowest BCUT2D eigenvalue weighted by atomic mass is 9.90. The van der Waals surface area contributed by atoms with Crippen molar-refractivity contribution in [1.29, 1.82) is 0 Å². The van der Waals surface area contributed by atoms with Gasteiger partial charge in [-0.2, -0.15) is 0 Å². The fourth-order valence-electron chi connectivity index (χ4n) is 3.14. The van der Waals surface area contributed by atoms with Crippen molar-refractivity contribution in [2.24, 2.45) is 0 Å². The summed E-state index contributed by atoms with van der Waals surface area (Å²) >= 11 is 0. The number of hydrogen-bond donors (Lipinski definition) is 1. The number of aryl methyl sites for hydroxylation is 2. The van der Waals surface area contributed by atoms with Crippen molar-refractivity contribution in [3.63, 3.8) is 0 Å². The van der Waals surface area contributed by atoms with E-state index in [0.29, 0.717) is 12.0 Å². The van der Waals surface area contributed by atoms with E-state index in [4.69, 9.17) is 0 Å². The lowest BCUT2D eigenvalue weighted by molar-refractivity contribution is 0.470. The lowest BCUT2D eigenvalue weighted by Gasteiger charge is -2.24. The first-order valence-corrected chi connectivity index (χ1v) is 6.97. The molecule has 1 aliphatic rings. The summed E-state index contributed by atoms with van der Waals surface area (Å²) in [6, 6.07) is 13.5. The van der Waals surface area contributed by atoms with Crippen molar-refractivity contribution in [2.75, 3.05) is 7.05 Å². The maximum Gasteiger partial charge on any atom is 0.0485 e. The second-order valence-electron chi connectivity index (χ2n) is 5.37. The van der Waals surface area contributed by atoms with Gasteiger partial charge in [-0.15, -0.1) is 0 Å². The van der Waals surface area contributed by atoms with Crippen LogP contribution in [0.2, 0.25) is 0 Å². The van der Waals surface area contributed by atoms with Gasteiger partial charge in [0.1, 0.15) is 0 Å². The molecule has 0 saturated carbocycles.